The number of aromatic nitrogens is 2. The molecule has 2 atom stereocenters. The number of imidazole rings is 1. The Labute approximate surface area is 183 Å². The molecular weight excluding hydrogens is 437 g/mol. The number of H-pyrrole nitrogens is 1. The first-order valence-electron chi connectivity index (χ1n) is 9.20. The van der Waals surface area contributed by atoms with E-state index in [0.717, 1.165) is 11.0 Å². The van der Waals surface area contributed by atoms with Crippen LogP contribution in [0.5, 0.6) is 0 Å². The molecule has 0 bridgehead atoms. The summed E-state index contributed by atoms with van der Waals surface area (Å²) in [4.78, 5) is 19.8. The van der Waals surface area contributed by atoms with Crippen molar-refractivity contribution in [1.82, 2.24) is 14.7 Å². The molecule has 31 heavy (non-hydrogen) atoms. The first kappa shape index (κ1) is 20.9. The minimum Gasteiger partial charge on any atom is -0.480 e. The fraction of sp³-hybridized carbons (Fsp3) is 0.0909. The molecule has 0 saturated heterocycles. The molecule has 1 unspecified atom stereocenters. The largest absolute Gasteiger partial charge is 0.480 e. The number of aliphatic carboxylic acids is 1. The number of thiophene rings is 1. The second-order valence-corrected chi connectivity index (χ2v) is 9.11. The van der Waals surface area contributed by atoms with Crippen LogP contribution in [0.4, 0.5) is 4.39 Å². The minimum absolute atomic E-state index is 0.0539. The molecule has 0 amide bonds. The fourth-order valence-corrected chi connectivity index (χ4v) is 4.87. The summed E-state index contributed by atoms with van der Waals surface area (Å²) in [5.74, 6) is 4.89. The van der Waals surface area contributed by atoms with Gasteiger partial charge in [0.25, 0.3) is 0 Å². The number of carboxylic acids is 1. The fourth-order valence-electron chi connectivity index (χ4n) is 2.82. The Balaban J connectivity index is 1.44. The van der Waals surface area contributed by atoms with Gasteiger partial charge >= 0.3 is 5.97 Å². The Morgan fingerprint density at radius 1 is 1.16 bits per heavy atom. The molecule has 0 aliphatic carbocycles. The van der Waals surface area contributed by atoms with Crippen molar-refractivity contribution in [2.45, 2.75) is 16.7 Å². The van der Waals surface area contributed by atoms with Crippen molar-refractivity contribution in [3.63, 3.8) is 0 Å². The summed E-state index contributed by atoms with van der Waals surface area (Å²) >= 11 is 1.20. The molecule has 0 radical (unpaired) electrons. The Morgan fingerprint density at radius 2 is 1.94 bits per heavy atom. The van der Waals surface area contributed by atoms with Gasteiger partial charge in [-0.05, 0) is 48.5 Å². The summed E-state index contributed by atoms with van der Waals surface area (Å²) in [6.07, 6.45) is 0.0539. The van der Waals surface area contributed by atoms with Crippen LogP contribution in [0.1, 0.15) is 16.3 Å². The molecule has 2 aromatic carbocycles. The van der Waals surface area contributed by atoms with Gasteiger partial charge in [-0.25, -0.2) is 18.3 Å². The number of rotatable bonds is 6. The standard InChI is InChI=1S/C22H16FN3O3S2/c23-15-8-5-14(6-9-15)7-10-16-11-12-21(30-16)31(29)26-19(22(27)28)13-20-24-17-3-1-2-4-18(17)25-20/h1-6,8-9,11-12,19,26H,13H2,(H,24,25)(H,27,28)/t19-,31?/m0/s1. The zero-order valence-corrected chi connectivity index (χ0v) is 17.6. The first-order chi connectivity index (χ1) is 15.0. The number of nitrogens with one attached hydrogen (secondary N) is 2. The van der Waals surface area contributed by atoms with E-state index in [0.29, 0.717) is 20.5 Å². The number of carbonyl (C=O) groups is 1. The maximum atomic E-state index is 13.0. The zero-order chi connectivity index (χ0) is 21.8. The van der Waals surface area contributed by atoms with Gasteiger partial charge in [0.05, 0.1) is 15.9 Å². The highest BCUT2D eigenvalue weighted by Gasteiger charge is 2.23. The van der Waals surface area contributed by atoms with Gasteiger partial charge < -0.3 is 10.1 Å². The highest BCUT2D eigenvalue weighted by Crippen LogP contribution is 2.19. The summed E-state index contributed by atoms with van der Waals surface area (Å²) in [6, 6.07) is 15.5. The number of fused-ring (bicyclic) bond motifs is 1. The number of carboxylic acid groups (broad SMARTS) is 1. The van der Waals surface area contributed by atoms with Crippen LogP contribution >= 0.6 is 11.3 Å². The van der Waals surface area contributed by atoms with Gasteiger partial charge in [-0.1, -0.05) is 24.0 Å². The molecule has 0 spiro atoms. The third-order valence-corrected chi connectivity index (χ3v) is 6.82. The predicted molar refractivity (Wildman–Crippen MR) is 117 cm³/mol. The number of hydrogen-bond acceptors (Lipinski definition) is 4. The summed E-state index contributed by atoms with van der Waals surface area (Å²) in [7, 11) is -1.73. The van der Waals surface area contributed by atoms with E-state index in [9.17, 15) is 18.5 Å². The lowest BCUT2D eigenvalue weighted by molar-refractivity contribution is -0.138. The third-order valence-electron chi connectivity index (χ3n) is 4.32. The van der Waals surface area contributed by atoms with Crippen molar-refractivity contribution in [2.24, 2.45) is 0 Å². The molecule has 156 valence electrons. The van der Waals surface area contributed by atoms with E-state index < -0.39 is 23.0 Å². The molecule has 3 N–H and O–H groups in total. The second kappa shape index (κ2) is 9.22. The maximum Gasteiger partial charge on any atom is 0.322 e. The molecule has 0 aliphatic rings. The van der Waals surface area contributed by atoms with Crippen LogP contribution in [0.25, 0.3) is 11.0 Å². The zero-order valence-electron chi connectivity index (χ0n) is 16.0. The van der Waals surface area contributed by atoms with Crippen LogP contribution in [-0.2, 0) is 22.2 Å². The molecule has 2 heterocycles. The first-order valence-corrected chi connectivity index (χ1v) is 11.2. The molecule has 0 fully saturated rings. The van der Waals surface area contributed by atoms with Crippen LogP contribution in [0.2, 0.25) is 0 Å². The molecule has 2 aromatic heterocycles. The van der Waals surface area contributed by atoms with Crippen LogP contribution in [0.3, 0.4) is 0 Å². The van der Waals surface area contributed by atoms with Crippen molar-refractivity contribution in [1.29, 1.82) is 0 Å². The Morgan fingerprint density at radius 3 is 2.68 bits per heavy atom. The van der Waals surface area contributed by atoms with Gasteiger partial charge in [-0.2, -0.15) is 0 Å². The number of halogens is 1. The summed E-state index contributed by atoms with van der Waals surface area (Å²) in [5, 5.41) is 9.56. The third kappa shape index (κ3) is 5.24. The van der Waals surface area contributed by atoms with Crippen LogP contribution in [0.15, 0.2) is 64.9 Å². The highest BCUT2D eigenvalue weighted by atomic mass is 32.2. The predicted octanol–water partition coefficient (Wildman–Crippen LogP) is 3.47. The van der Waals surface area contributed by atoms with Gasteiger partial charge in [-0.3, -0.25) is 4.79 Å². The Kier molecular flexibility index (Phi) is 6.23. The minimum atomic E-state index is -1.73. The van der Waals surface area contributed by atoms with E-state index in [4.69, 9.17) is 0 Å². The van der Waals surface area contributed by atoms with E-state index in [1.165, 1.54) is 23.5 Å². The number of hydrogen-bond donors (Lipinski definition) is 3. The van der Waals surface area contributed by atoms with Crippen LogP contribution < -0.4 is 4.72 Å². The molecular formula is C22H16FN3O3S2. The van der Waals surface area contributed by atoms with Gasteiger partial charge in [0.15, 0.2) is 0 Å². The van der Waals surface area contributed by atoms with Crippen molar-refractivity contribution < 1.29 is 18.5 Å². The number of para-hydroxylation sites is 2. The van der Waals surface area contributed by atoms with Crippen molar-refractivity contribution in [3.8, 4) is 11.8 Å². The van der Waals surface area contributed by atoms with E-state index >= 15 is 0 Å². The second-order valence-electron chi connectivity index (χ2n) is 6.56. The number of benzene rings is 2. The Hall–Kier alpha value is -3.32. The molecule has 9 heteroatoms. The topological polar surface area (TPSA) is 95.1 Å². The Bertz CT molecular complexity index is 1290. The van der Waals surface area contributed by atoms with E-state index in [2.05, 4.69) is 26.5 Å². The maximum absolute atomic E-state index is 13.0. The van der Waals surface area contributed by atoms with Crippen LogP contribution in [0, 0.1) is 17.7 Å². The number of nitrogens with zero attached hydrogens (tertiary/aromatic N) is 1. The molecule has 0 aliphatic heterocycles. The van der Waals surface area contributed by atoms with Crippen LogP contribution in [-0.4, -0.2) is 31.3 Å². The van der Waals surface area contributed by atoms with Crippen molar-refractivity contribution in [3.05, 3.63) is 82.7 Å². The molecule has 4 aromatic rings. The van der Waals surface area contributed by atoms with E-state index in [-0.39, 0.29) is 12.2 Å². The lowest BCUT2D eigenvalue weighted by Crippen LogP contribution is -2.39. The quantitative estimate of drug-likeness (QED) is 0.390. The van der Waals surface area contributed by atoms with E-state index in [1.54, 1.807) is 24.3 Å². The summed E-state index contributed by atoms with van der Waals surface area (Å²) < 4.78 is 28.7. The SMILES string of the molecule is O=C(O)[C@H](Cc1nc2ccccc2[nH]1)NS(=O)c1ccc(C#Cc2ccc(F)cc2)s1. The average Bonchev–Trinajstić information content (AvgIpc) is 3.39. The summed E-state index contributed by atoms with van der Waals surface area (Å²) in [5.41, 5.74) is 2.21. The van der Waals surface area contributed by atoms with Gasteiger partial charge in [-0.15, -0.1) is 11.3 Å². The highest BCUT2D eigenvalue weighted by molar-refractivity contribution is 7.85. The lowest BCUT2D eigenvalue weighted by atomic mass is 10.2. The normalized spacial score (nSPS) is 12.8. The van der Waals surface area contributed by atoms with E-state index in [1.807, 2.05) is 24.3 Å². The van der Waals surface area contributed by atoms with Gasteiger partial charge in [0, 0.05) is 12.0 Å². The average molecular weight is 454 g/mol. The van der Waals surface area contributed by atoms with Gasteiger partial charge in [0.1, 0.15) is 32.9 Å². The van der Waals surface area contributed by atoms with Gasteiger partial charge in [0.2, 0.25) is 0 Å². The smallest absolute Gasteiger partial charge is 0.322 e. The molecule has 4 rings (SSSR count). The van der Waals surface area contributed by atoms with Crippen molar-refractivity contribution >= 4 is 39.3 Å². The summed E-state index contributed by atoms with van der Waals surface area (Å²) in [6.45, 7) is 0. The number of aromatic amines is 1. The van der Waals surface area contributed by atoms with Crippen molar-refractivity contribution in [2.75, 3.05) is 0 Å². The monoisotopic (exact) mass is 453 g/mol. The lowest BCUT2D eigenvalue weighted by Gasteiger charge is -2.11. The molecule has 0 saturated carbocycles. The molecule has 6 nitrogen and oxygen atoms in total.